The Morgan fingerprint density at radius 3 is 2.58 bits per heavy atom. The number of nitrogens with one attached hydrogen (secondary N) is 2. The molecule has 5 nitrogen and oxygen atoms in total. The minimum atomic E-state index is -4.54. The van der Waals surface area contributed by atoms with Crippen LogP contribution in [0.1, 0.15) is 23.5 Å². The zero-order valence-electron chi connectivity index (χ0n) is 15.8. The average molecular weight is 449 g/mol. The Kier molecular flexibility index (Phi) is 6.65. The molecule has 2 N–H and O–H groups in total. The molecule has 1 atom stereocenters. The second-order valence-corrected chi connectivity index (χ2v) is 7.61. The van der Waals surface area contributed by atoms with Gasteiger partial charge in [0.2, 0.25) is 11.8 Å². The molecular weight excluding hydrogens is 434 g/mol. The maximum Gasteiger partial charge on any atom is 0.416 e. The summed E-state index contributed by atoms with van der Waals surface area (Å²) in [5.41, 5.74) is -0.108. The molecule has 0 bridgehead atoms. The summed E-state index contributed by atoms with van der Waals surface area (Å²) >= 11 is 0.889. The van der Waals surface area contributed by atoms with Gasteiger partial charge in [0, 0.05) is 18.0 Å². The average Bonchev–Trinajstić information content (AvgIpc) is 2.72. The fraction of sp³-hybridized carbons (Fsp3) is 0.190. The van der Waals surface area contributed by atoms with E-state index in [0.717, 1.165) is 23.9 Å². The number of amides is 2. The predicted molar refractivity (Wildman–Crippen MR) is 107 cm³/mol. The summed E-state index contributed by atoms with van der Waals surface area (Å²) in [7, 11) is 0. The largest absolute Gasteiger partial charge is 0.416 e. The summed E-state index contributed by atoms with van der Waals surface area (Å²) in [6.07, 6.45) is -4.54. The van der Waals surface area contributed by atoms with Crippen LogP contribution in [-0.4, -0.2) is 17.6 Å². The molecule has 0 saturated heterocycles. The Labute approximate surface area is 179 Å². The van der Waals surface area contributed by atoms with Gasteiger partial charge in [-0.15, -0.1) is 0 Å². The zero-order chi connectivity index (χ0) is 22.6. The van der Waals surface area contributed by atoms with E-state index in [1.807, 2.05) is 6.07 Å². The number of allylic oxidation sites excluding steroid dienone is 1. The third-order valence-corrected chi connectivity index (χ3v) is 5.47. The van der Waals surface area contributed by atoms with Crippen molar-refractivity contribution in [2.75, 3.05) is 11.1 Å². The first kappa shape index (κ1) is 22.4. The number of rotatable bonds is 5. The van der Waals surface area contributed by atoms with Crippen LogP contribution in [0.15, 0.2) is 59.1 Å². The maximum absolute atomic E-state index is 13.2. The number of benzene rings is 2. The lowest BCUT2D eigenvalue weighted by Gasteiger charge is -2.25. The van der Waals surface area contributed by atoms with E-state index in [1.165, 1.54) is 36.4 Å². The molecule has 2 amide bonds. The van der Waals surface area contributed by atoms with Gasteiger partial charge in [-0.05, 0) is 35.9 Å². The zero-order valence-corrected chi connectivity index (χ0v) is 16.6. The molecule has 1 unspecified atom stereocenters. The van der Waals surface area contributed by atoms with E-state index in [1.54, 1.807) is 0 Å². The lowest BCUT2D eigenvalue weighted by atomic mass is 9.87. The van der Waals surface area contributed by atoms with Gasteiger partial charge in [0.05, 0.1) is 28.0 Å². The van der Waals surface area contributed by atoms with Gasteiger partial charge in [-0.3, -0.25) is 9.59 Å². The summed E-state index contributed by atoms with van der Waals surface area (Å²) in [6, 6.07) is 11.7. The first-order valence-electron chi connectivity index (χ1n) is 8.97. The van der Waals surface area contributed by atoms with E-state index in [4.69, 9.17) is 0 Å². The van der Waals surface area contributed by atoms with E-state index in [9.17, 15) is 32.4 Å². The number of alkyl halides is 3. The van der Waals surface area contributed by atoms with Crippen LogP contribution in [0.2, 0.25) is 0 Å². The molecule has 2 aromatic carbocycles. The highest BCUT2D eigenvalue weighted by molar-refractivity contribution is 8.03. The van der Waals surface area contributed by atoms with Gasteiger partial charge in [-0.25, -0.2) is 4.39 Å². The van der Waals surface area contributed by atoms with Crippen molar-refractivity contribution in [2.45, 2.75) is 18.5 Å². The number of nitrogens with zero attached hydrogens (tertiary/aromatic N) is 1. The standard InChI is InChI=1S/C21H15F4N3O2S/c22-14-6-4-12(5-7-14)16-9-18(29)28-20(17(16)10-26)31-11-19(30)27-15-3-1-2-13(8-15)21(23,24)25/h1-8,16H,9,11H2,(H,27,30)(H,28,29). The summed E-state index contributed by atoms with van der Waals surface area (Å²) in [4.78, 5) is 24.3. The van der Waals surface area contributed by atoms with Gasteiger partial charge >= 0.3 is 6.18 Å². The van der Waals surface area contributed by atoms with Crippen molar-refractivity contribution in [3.05, 3.63) is 76.1 Å². The van der Waals surface area contributed by atoms with Gasteiger partial charge in [0.15, 0.2) is 0 Å². The number of halogens is 4. The van der Waals surface area contributed by atoms with Crippen molar-refractivity contribution in [3.8, 4) is 6.07 Å². The van der Waals surface area contributed by atoms with Crippen LogP contribution in [0.3, 0.4) is 0 Å². The van der Waals surface area contributed by atoms with Gasteiger partial charge < -0.3 is 10.6 Å². The second kappa shape index (κ2) is 9.22. The predicted octanol–water partition coefficient (Wildman–Crippen LogP) is 4.56. The van der Waals surface area contributed by atoms with E-state index in [-0.39, 0.29) is 34.4 Å². The summed E-state index contributed by atoms with van der Waals surface area (Å²) in [5.74, 6) is -2.25. The third kappa shape index (κ3) is 5.64. The van der Waals surface area contributed by atoms with Gasteiger partial charge in [0.1, 0.15) is 5.82 Å². The summed E-state index contributed by atoms with van der Waals surface area (Å²) < 4.78 is 51.6. The van der Waals surface area contributed by atoms with Crippen LogP contribution in [0.4, 0.5) is 23.2 Å². The van der Waals surface area contributed by atoms with E-state index in [0.29, 0.717) is 5.56 Å². The molecular formula is C21H15F4N3O2S. The van der Waals surface area contributed by atoms with Crippen molar-refractivity contribution < 1.29 is 27.2 Å². The van der Waals surface area contributed by atoms with Crippen molar-refractivity contribution in [3.63, 3.8) is 0 Å². The SMILES string of the molecule is N#CC1=C(SCC(=O)Nc2cccc(C(F)(F)F)c2)NC(=O)CC1c1ccc(F)cc1. The monoisotopic (exact) mass is 449 g/mol. The molecule has 0 saturated carbocycles. The number of carbonyl (C=O) groups excluding carboxylic acids is 2. The minimum Gasteiger partial charge on any atom is -0.325 e. The lowest BCUT2D eigenvalue weighted by Crippen LogP contribution is -2.31. The normalized spacial score (nSPS) is 16.5. The van der Waals surface area contributed by atoms with Gasteiger partial charge in [-0.2, -0.15) is 18.4 Å². The molecule has 0 aromatic heterocycles. The van der Waals surface area contributed by atoms with Crippen molar-refractivity contribution in [2.24, 2.45) is 0 Å². The Hall–Kier alpha value is -3.32. The van der Waals surface area contributed by atoms with E-state index in [2.05, 4.69) is 10.6 Å². The van der Waals surface area contributed by atoms with Crippen LogP contribution in [-0.2, 0) is 15.8 Å². The Morgan fingerprint density at radius 1 is 1.23 bits per heavy atom. The number of anilines is 1. The molecule has 1 aliphatic heterocycles. The van der Waals surface area contributed by atoms with E-state index < -0.39 is 29.4 Å². The van der Waals surface area contributed by atoms with Crippen LogP contribution in [0, 0.1) is 17.1 Å². The van der Waals surface area contributed by atoms with Crippen molar-refractivity contribution >= 4 is 29.3 Å². The second-order valence-electron chi connectivity index (χ2n) is 6.63. The number of hydrogen-bond acceptors (Lipinski definition) is 4. The number of nitriles is 1. The molecule has 0 aliphatic carbocycles. The number of thioether (sulfide) groups is 1. The Balaban J connectivity index is 1.73. The van der Waals surface area contributed by atoms with E-state index >= 15 is 0 Å². The fourth-order valence-electron chi connectivity index (χ4n) is 3.02. The molecule has 2 aromatic rings. The Morgan fingerprint density at radius 2 is 1.94 bits per heavy atom. The van der Waals surface area contributed by atoms with Crippen LogP contribution < -0.4 is 10.6 Å². The number of hydrogen-bond donors (Lipinski definition) is 2. The quantitative estimate of drug-likeness (QED) is 0.656. The highest BCUT2D eigenvalue weighted by atomic mass is 32.2. The minimum absolute atomic E-state index is 0.00494. The summed E-state index contributed by atoms with van der Waals surface area (Å²) in [6.45, 7) is 0. The van der Waals surface area contributed by atoms with Crippen LogP contribution in [0.25, 0.3) is 0 Å². The Bertz CT molecular complexity index is 1080. The van der Waals surface area contributed by atoms with Gasteiger partial charge in [-0.1, -0.05) is 30.0 Å². The molecule has 31 heavy (non-hydrogen) atoms. The molecule has 160 valence electrons. The highest BCUT2D eigenvalue weighted by Crippen LogP contribution is 2.36. The lowest BCUT2D eigenvalue weighted by molar-refractivity contribution is -0.137. The molecule has 3 rings (SSSR count). The maximum atomic E-state index is 13.2. The van der Waals surface area contributed by atoms with Crippen molar-refractivity contribution in [1.29, 1.82) is 5.26 Å². The summed E-state index contributed by atoms with van der Waals surface area (Å²) in [5, 5.41) is 14.7. The third-order valence-electron chi connectivity index (χ3n) is 4.45. The van der Waals surface area contributed by atoms with Crippen molar-refractivity contribution in [1.82, 2.24) is 5.32 Å². The molecule has 0 spiro atoms. The molecule has 0 fully saturated rings. The van der Waals surface area contributed by atoms with Gasteiger partial charge in [0.25, 0.3) is 0 Å². The smallest absolute Gasteiger partial charge is 0.325 e. The van der Waals surface area contributed by atoms with Crippen LogP contribution in [0.5, 0.6) is 0 Å². The topological polar surface area (TPSA) is 82.0 Å². The molecule has 0 radical (unpaired) electrons. The number of carbonyl (C=O) groups is 2. The fourth-order valence-corrected chi connectivity index (χ4v) is 3.90. The molecule has 10 heteroatoms. The first-order valence-corrected chi connectivity index (χ1v) is 9.95. The molecule has 1 heterocycles. The van der Waals surface area contributed by atoms with Crippen LogP contribution >= 0.6 is 11.8 Å². The highest BCUT2D eigenvalue weighted by Gasteiger charge is 2.31. The molecule has 1 aliphatic rings. The first-order chi connectivity index (χ1) is 14.7.